The number of nitrogens with zero attached hydrogens (tertiary/aromatic N) is 2. The normalized spacial score (nSPS) is 19.3. The fourth-order valence-corrected chi connectivity index (χ4v) is 6.91. The van der Waals surface area contributed by atoms with Crippen LogP contribution in [0.2, 0.25) is 0 Å². The van der Waals surface area contributed by atoms with Crippen LogP contribution in [0.15, 0.2) is 0 Å². The molecule has 9 heteroatoms. The van der Waals surface area contributed by atoms with Gasteiger partial charge in [0.1, 0.15) is 6.61 Å². The van der Waals surface area contributed by atoms with E-state index in [9.17, 15) is 9.36 Å². The van der Waals surface area contributed by atoms with E-state index in [1.54, 1.807) is 0 Å². The lowest BCUT2D eigenvalue weighted by atomic mass is 9.89. The van der Waals surface area contributed by atoms with Crippen LogP contribution >= 0.6 is 18.2 Å². The van der Waals surface area contributed by atoms with E-state index in [0.29, 0.717) is 5.75 Å². The van der Waals surface area contributed by atoms with Gasteiger partial charge in [0.15, 0.2) is 0 Å². The Kier molecular flexibility index (Phi) is 10.7. The van der Waals surface area contributed by atoms with Gasteiger partial charge in [-0.2, -0.15) is 0 Å². The molecule has 0 amide bonds. The number of ether oxygens (including phenoxy) is 1. The van der Waals surface area contributed by atoms with Crippen LogP contribution < -0.4 is 0 Å². The van der Waals surface area contributed by atoms with Gasteiger partial charge >= 0.3 is 12.8 Å². The number of rotatable bonds is 11. The molecule has 1 heterocycles. The summed E-state index contributed by atoms with van der Waals surface area (Å²) in [7, 11) is 2.13. The molecule has 1 rings (SSSR count). The second-order valence-electron chi connectivity index (χ2n) is 9.55. The largest absolute Gasteiger partial charge is 0.464 e. The summed E-state index contributed by atoms with van der Waals surface area (Å²) in [5.74, 6) is 0.143. The van der Waals surface area contributed by atoms with Gasteiger partial charge in [0.25, 0.3) is 0 Å². The minimum absolute atomic E-state index is 0.181. The van der Waals surface area contributed by atoms with Gasteiger partial charge in [-0.1, -0.05) is 0 Å². The van der Waals surface area contributed by atoms with Crippen LogP contribution in [0.4, 0.5) is 0 Å². The molecule has 0 bridgehead atoms. The fraction of sp³-hybridized carbons (Fsp3) is 0.950. The van der Waals surface area contributed by atoms with Crippen molar-refractivity contribution in [2.75, 3.05) is 52.1 Å². The van der Waals surface area contributed by atoms with Crippen LogP contribution in [-0.4, -0.2) is 79.6 Å². The average molecular weight is 453 g/mol. The summed E-state index contributed by atoms with van der Waals surface area (Å²) < 4.78 is 29.6. The van der Waals surface area contributed by atoms with Gasteiger partial charge in [0, 0.05) is 31.9 Å². The first-order valence-electron chi connectivity index (χ1n) is 10.4. The minimum atomic E-state index is -3.32. The van der Waals surface area contributed by atoms with Gasteiger partial charge in [-0.15, -0.1) is 0 Å². The highest BCUT2D eigenvalue weighted by atomic mass is 32.7. The molecule has 0 aromatic rings. The second-order valence-corrected chi connectivity index (χ2v) is 13.6. The molecular weight excluding hydrogens is 411 g/mol. The van der Waals surface area contributed by atoms with Crippen LogP contribution in [0.3, 0.4) is 0 Å². The van der Waals surface area contributed by atoms with E-state index < -0.39 is 17.8 Å². The number of esters is 1. The summed E-state index contributed by atoms with van der Waals surface area (Å²) in [4.78, 5) is 17.2. The molecule has 0 aliphatic carbocycles. The van der Waals surface area contributed by atoms with Crippen molar-refractivity contribution in [2.24, 2.45) is 5.41 Å². The van der Waals surface area contributed by atoms with Crippen molar-refractivity contribution in [3.05, 3.63) is 0 Å². The first kappa shape index (κ1) is 26.9. The molecule has 1 aliphatic rings. The van der Waals surface area contributed by atoms with Crippen LogP contribution in [0, 0.1) is 5.41 Å². The number of piperazine rings is 1. The van der Waals surface area contributed by atoms with Crippen LogP contribution in [0.25, 0.3) is 0 Å². The number of hydrogen-bond acceptors (Lipinski definition) is 8. The summed E-state index contributed by atoms with van der Waals surface area (Å²) in [5.41, 5.74) is -1.13. The summed E-state index contributed by atoms with van der Waals surface area (Å²) in [6.07, 6.45) is 0.539. The Morgan fingerprint density at radius 1 is 1.10 bits per heavy atom. The number of likely N-dealkylation sites (N-methyl/N-ethyl adjacent to an activating group) is 1. The Hall–Kier alpha value is -0.110. The maximum atomic E-state index is 13.0. The van der Waals surface area contributed by atoms with Crippen molar-refractivity contribution < 1.29 is 23.1 Å². The van der Waals surface area contributed by atoms with E-state index in [1.807, 2.05) is 48.5 Å². The second kappa shape index (κ2) is 11.5. The zero-order valence-corrected chi connectivity index (χ0v) is 21.2. The average Bonchev–Trinajstić information content (AvgIpc) is 2.55. The molecular formula is C20H41N2O5PS. The van der Waals surface area contributed by atoms with Crippen LogP contribution in [0.1, 0.15) is 54.9 Å². The van der Waals surface area contributed by atoms with E-state index >= 15 is 0 Å². The highest BCUT2D eigenvalue weighted by molar-refractivity contribution is 8.55. The van der Waals surface area contributed by atoms with Crippen molar-refractivity contribution in [3.8, 4) is 0 Å². The van der Waals surface area contributed by atoms with E-state index in [2.05, 4.69) is 16.8 Å². The smallest absolute Gasteiger partial charge is 0.389 e. The van der Waals surface area contributed by atoms with Crippen molar-refractivity contribution in [3.63, 3.8) is 0 Å². The van der Waals surface area contributed by atoms with Crippen LogP contribution in [0.5, 0.6) is 0 Å². The highest BCUT2D eigenvalue weighted by Crippen LogP contribution is 2.63. The molecule has 0 spiro atoms. The zero-order chi connectivity index (χ0) is 22.3. The summed E-state index contributed by atoms with van der Waals surface area (Å²) in [5, 5.41) is 0. The fourth-order valence-electron chi connectivity index (χ4n) is 2.76. The first-order chi connectivity index (χ1) is 13.2. The number of hydrogen-bond donors (Lipinski definition) is 0. The minimum Gasteiger partial charge on any atom is -0.464 e. The van der Waals surface area contributed by atoms with Gasteiger partial charge in [0.05, 0.1) is 17.1 Å². The number of carbonyl (C=O) groups excluding carboxylic acids is 1. The van der Waals surface area contributed by atoms with E-state index in [0.717, 1.165) is 50.5 Å². The Balaban J connectivity index is 2.42. The SMILES string of the molecule is CC(C)OP(=O)(OC(C)(C)C)SCCOC(=O)C(C)(C)CCN1CCN(C)CC1. The van der Waals surface area contributed by atoms with Crippen molar-refractivity contribution in [1.82, 2.24) is 9.80 Å². The monoisotopic (exact) mass is 452 g/mol. The zero-order valence-electron chi connectivity index (χ0n) is 19.5. The lowest BCUT2D eigenvalue weighted by molar-refractivity contribution is -0.153. The standard InChI is InChI=1S/C20H41N2O5PS/c1-17(2)26-28(24,27-19(3,4)5)29-16-15-25-18(23)20(6,7)9-10-22-13-11-21(8)12-14-22/h17H,9-16H2,1-8H3. The van der Waals surface area contributed by atoms with Crippen LogP contribution in [-0.2, 0) is 23.1 Å². The van der Waals surface area contributed by atoms with Gasteiger partial charge in [-0.3, -0.25) is 13.8 Å². The van der Waals surface area contributed by atoms with E-state index in [-0.39, 0.29) is 18.7 Å². The quantitative estimate of drug-likeness (QED) is 0.261. The van der Waals surface area contributed by atoms with Gasteiger partial charge < -0.3 is 14.5 Å². The molecule has 0 aromatic heterocycles. The first-order valence-corrected chi connectivity index (χ1v) is 13.6. The topological polar surface area (TPSA) is 68.3 Å². The molecule has 0 radical (unpaired) electrons. The van der Waals surface area contributed by atoms with Gasteiger partial charge in [-0.05, 0) is 79.9 Å². The van der Waals surface area contributed by atoms with E-state index in [4.69, 9.17) is 13.8 Å². The van der Waals surface area contributed by atoms with Gasteiger partial charge in [0.2, 0.25) is 0 Å². The molecule has 7 nitrogen and oxygen atoms in total. The Bertz CT molecular complexity index is 558. The highest BCUT2D eigenvalue weighted by Gasteiger charge is 2.34. The summed E-state index contributed by atoms with van der Waals surface area (Å²) in [6.45, 7) is 15.0. The maximum absolute atomic E-state index is 13.0. The summed E-state index contributed by atoms with van der Waals surface area (Å²) >= 11 is 1.09. The Labute approximate surface area is 181 Å². The third-order valence-electron chi connectivity index (χ3n) is 4.49. The summed E-state index contributed by atoms with van der Waals surface area (Å²) in [6, 6.07) is 0. The lowest BCUT2D eigenvalue weighted by Crippen LogP contribution is -2.45. The molecule has 0 N–H and O–H groups in total. The molecule has 0 saturated carbocycles. The predicted octanol–water partition coefficient (Wildman–Crippen LogP) is 4.27. The third kappa shape index (κ3) is 11.2. The van der Waals surface area contributed by atoms with E-state index in [1.165, 1.54) is 0 Å². The Morgan fingerprint density at radius 2 is 1.69 bits per heavy atom. The van der Waals surface area contributed by atoms with Gasteiger partial charge in [-0.25, -0.2) is 4.57 Å². The van der Waals surface area contributed by atoms with Crippen molar-refractivity contribution in [2.45, 2.75) is 66.6 Å². The molecule has 172 valence electrons. The molecule has 1 saturated heterocycles. The number of carbonyl (C=O) groups is 1. The third-order valence-corrected chi connectivity index (χ3v) is 8.59. The lowest BCUT2D eigenvalue weighted by Gasteiger charge is -2.34. The Morgan fingerprint density at radius 3 is 2.21 bits per heavy atom. The molecule has 1 unspecified atom stereocenters. The molecule has 1 fully saturated rings. The van der Waals surface area contributed by atoms with Crippen molar-refractivity contribution in [1.29, 1.82) is 0 Å². The van der Waals surface area contributed by atoms with Crippen molar-refractivity contribution >= 4 is 24.1 Å². The molecule has 0 aromatic carbocycles. The molecule has 29 heavy (non-hydrogen) atoms. The molecule has 1 aliphatic heterocycles. The molecule has 1 atom stereocenters. The predicted molar refractivity (Wildman–Crippen MR) is 120 cm³/mol. The maximum Gasteiger partial charge on any atom is 0.389 e.